The highest BCUT2D eigenvalue weighted by Gasteiger charge is 2.67. The number of aromatic nitrogens is 6. The number of anilines is 3. The smallest absolute Gasteiger partial charge is 0.407 e. The summed E-state index contributed by atoms with van der Waals surface area (Å²) in [5, 5.41) is 17.4. The van der Waals surface area contributed by atoms with Crippen molar-refractivity contribution in [2.24, 2.45) is 11.3 Å². The number of amides is 1. The predicted octanol–water partition coefficient (Wildman–Crippen LogP) is 4.98. The second-order valence-electron chi connectivity index (χ2n) is 12.7. The lowest BCUT2D eigenvalue weighted by Crippen LogP contribution is -2.40. The van der Waals surface area contributed by atoms with Gasteiger partial charge in [-0.2, -0.15) is 4.98 Å². The molecule has 5 heterocycles. The van der Waals surface area contributed by atoms with Gasteiger partial charge in [0.1, 0.15) is 11.2 Å². The van der Waals surface area contributed by atoms with E-state index in [0.717, 1.165) is 53.7 Å². The van der Waals surface area contributed by atoms with E-state index in [1.165, 1.54) is 12.8 Å². The molecule has 208 valence electrons. The van der Waals surface area contributed by atoms with Crippen LogP contribution in [0.4, 0.5) is 22.4 Å². The highest BCUT2D eigenvalue weighted by Crippen LogP contribution is 2.58. The van der Waals surface area contributed by atoms with Gasteiger partial charge in [0.15, 0.2) is 11.6 Å². The topological polar surface area (TPSA) is 123 Å². The van der Waals surface area contributed by atoms with Crippen molar-refractivity contribution in [1.82, 2.24) is 35.0 Å². The van der Waals surface area contributed by atoms with Crippen LogP contribution in [0.3, 0.4) is 0 Å². The van der Waals surface area contributed by atoms with Gasteiger partial charge in [-0.1, -0.05) is 19.8 Å². The summed E-state index contributed by atoms with van der Waals surface area (Å²) in [4.78, 5) is 28.4. The van der Waals surface area contributed by atoms with Crippen LogP contribution in [0, 0.1) is 11.3 Å². The van der Waals surface area contributed by atoms with Crippen LogP contribution < -0.4 is 15.5 Å². The minimum absolute atomic E-state index is 0.00600. The molecule has 4 aromatic heterocycles. The molecule has 2 aliphatic carbocycles. The van der Waals surface area contributed by atoms with Crippen LogP contribution in [-0.2, 0) is 4.74 Å². The van der Waals surface area contributed by atoms with Crippen LogP contribution in [-0.4, -0.2) is 60.5 Å². The molecule has 1 unspecified atom stereocenters. The maximum absolute atomic E-state index is 12.2. The molecule has 1 aliphatic heterocycles. The highest BCUT2D eigenvalue weighted by atomic mass is 16.6. The Hall–Kier alpha value is -4.02. The second-order valence-corrected chi connectivity index (χ2v) is 12.7. The Morgan fingerprint density at radius 3 is 2.62 bits per heavy atom. The molecular formula is C29H35N9O2. The number of nitrogens with zero attached hydrogens (tertiary/aromatic N) is 7. The number of fused-ring (bicyclic) bond motifs is 4. The number of pyridine rings is 1. The largest absolute Gasteiger partial charge is 0.444 e. The van der Waals surface area contributed by atoms with Gasteiger partial charge in [-0.05, 0) is 51.8 Å². The summed E-state index contributed by atoms with van der Waals surface area (Å²) in [6, 6.07) is 6.48. The number of rotatable bonds is 5. The van der Waals surface area contributed by atoms with Gasteiger partial charge in [0.05, 0.1) is 11.7 Å². The van der Waals surface area contributed by atoms with Gasteiger partial charge in [0, 0.05) is 59.7 Å². The third kappa shape index (κ3) is 4.28. The van der Waals surface area contributed by atoms with Gasteiger partial charge in [-0.3, -0.25) is 4.98 Å². The molecule has 40 heavy (non-hydrogen) atoms. The van der Waals surface area contributed by atoms with E-state index in [4.69, 9.17) is 9.72 Å². The van der Waals surface area contributed by atoms with Crippen molar-refractivity contribution >= 4 is 45.6 Å². The van der Waals surface area contributed by atoms with Gasteiger partial charge < -0.3 is 24.8 Å². The van der Waals surface area contributed by atoms with Crippen molar-refractivity contribution < 1.29 is 9.53 Å². The first-order valence-corrected chi connectivity index (χ1v) is 14.2. The van der Waals surface area contributed by atoms with Crippen molar-refractivity contribution in [3.63, 3.8) is 0 Å². The van der Waals surface area contributed by atoms with E-state index in [9.17, 15) is 4.79 Å². The number of carbonyl (C=O) groups is 1. The fraction of sp³-hybridized carbons (Fsp3) is 0.517. The normalized spacial score (nSPS) is 24.4. The van der Waals surface area contributed by atoms with Crippen LogP contribution >= 0.6 is 0 Å². The zero-order valence-corrected chi connectivity index (χ0v) is 23.4. The summed E-state index contributed by atoms with van der Waals surface area (Å²) in [7, 11) is 0. The number of nitrogens with one attached hydrogen (secondary N) is 2. The average Bonchev–Trinajstić information content (AvgIpc) is 3.41. The molecule has 1 amide bonds. The Bertz CT molecular complexity index is 1590. The summed E-state index contributed by atoms with van der Waals surface area (Å²) in [6.45, 7) is 9.45. The number of hydrogen-bond donors (Lipinski definition) is 2. The predicted molar refractivity (Wildman–Crippen MR) is 153 cm³/mol. The molecule has 3 fully saturated rings. The van der Waals surface area contributed by atoms with Crippen LogP contribution in [0.2, 0.25) is 0 Å². The minimum Gasteiger partial charge on any atom is -0.444 e. The Kier molecular flexibility index (Phi) is 5.62. The molecule has 3 aliphatic rings. The van der Waals surface area contributed by atoms with E-state index in [1.807, 2.05) is 57.6 Å². The summed E-state index contributed by atoms with van der Waals surface area (Å²) >= 11 is 0. The van der Waals surface area contributed by atoms with E-state index < -0.39 is 5.60 Å². The van der Waals surface area contributed by atoms with Crippen LogP contribution in [0.1, 0.15) is 59.4 Å². The Morgan fingerprint density at radius 2 is 1.93 bits per heavy atom. The lowest BCUT2D eigenvalue weighted by molar-refractivity contribution is 0.0514. The molecule has 1 saturated heterocycles. The molecule has 3 atom stereocenters. The molecule has 0 bridgehead atoms. The van der Waals surface area contributed by atoms with Gasteiger partial charge in [0.2, 0.25) is 5.95 Å². The maximum atomic E-state index is 12.2. The van der Waals surface area contributed by atoms with Crippen LogP contribution in [0.5, 0.6) is 0 Å². The number of hydrogen-bond acceptors (Lipinski definition) is 9. The van der Waals surface area contributed by atoms with Gasteiger partial charge in [0.25, 0.3) is 0 Å². The minimum atomic E-state index is -0.505. The number of piperidine rings is 1. The van der Waals surface area contributed by atoms with Crippen molar-refractivity contribution in [2.75, 3.05) is 23.3 Å². The zero-order chi connectivity index (χ0) is 27.6. The van der Waals surface area contributed by atoms with Crippen molar-refractivity contribution in [2.45, 2.75) is 71.1 Å². The third-order valence-corrected chi connectivity index (χ3v) is 8.72. The van der Waals surface area contributed by atoms with Crippen LogP contribution in [0.15, 0.2) is 36.8 Å². The first-order chi connectivity index (χ1) is 19.2. The molecule has 0 radical (unpaired) electrons. The number of alkyl carbamates (subject to hydrolysis) is 1. The monoisotopic (exact) mass is 541 g/mol. The maximum Gasteiger partial charge on any atom is 0.407 e. The number of carbonyl (C=O) groups excluding carboxylic acids is 1. The molecule has 2 N–H and O–H groups in total. The van der Waals surface area contributed by atoms with Gasteiger partial charge >= 0.3 is 6.09 Å². The molecule has 7 rings (SSSR count). The summed E-state index contributed by atoms with van der Waals surface area (Å²) in [6.07, 6.45) is 10.1. The first-order valence-electron chi connectivity index (χ1n) is 14.2. The Labute approximate surface area is 232 Å². The quantitative estimate of drug-likeness (QED) is 0.360. The second kappa shape index (κ2) is 9.00. The van der Waals surface area contributed by atoms with E-state index in [0.29, 0.717) is 23.7 Å². The van der Waals surface area contributed by atoms with E-state index in [-0.39, 0.29) is 17.6 Å². The molecule has 11 heteroatoms. The molecule has 4 aromatic rings. The summed E-state index contributed by atoms with van der Waals surface area (Å²) in [5.74, 6) is 2.27. The molecule has 11 nitrogen and oxygen atoms in total. The molecule has 0 spiro atoms. The SMILES string of the molecule is CC(C)(C)OC(=O)NC1[C@@H]2CN(c3ccc(Nc4ncc5c6ccncc6n(C6CCCC6)c5n4)nn3)C[C@]12C. The standard InChI is InChI=1S/C29H35N9O2/c1-28(2,3)40-27(39)33-24-20-15-37(16-29(20,24)4)23-10-9-22(35-36-23)32-26-31-13-19-18-11-12-30-14-21(18)38(25(19)34-26)17-7-5-6-8-17/h9-14,17,20,24H,5-8,15-16H2,1-4H3,(H,33,39)(H,31,32,34,35)/t20-,24?,29-/m0/s1. The van der Waals surface area contributed by atoms with E-state index in [2.05, 4.69) is 47.2 Å². The lowest BCUT2D eigenvalue weighted by Gasteiger charge is -2.24. The summed E-state index contributed by atoms with van der Waals surface area (Å²) < 4.78 is 7.78. The molecular weight excluding hydrogens is 506 g/mol. The average molecular weight is 542 g/mol. The Morgan fingerprint density at radius 1 is 1.10 bits per heavy atom. The fourth-order valence-electron chi connectivity index (χ4n) is 6.71. The lowest BCUT2D eigenvalue weighted by atomic mass is 10.1. The van der Waals surface area contributed by atoms with E-state index >= 15 is 0 Å². The van der Waals surface area contributed by atoms with Crippen LogP contribution in [0.25, 0.3) is 21.9 Å². The third-order valence-electron chi connectivity index (χ3n) is 8.72. The summed E-state index contributed by atoms with van der Waals surface area (Å²) in [5.41, 5.74) is 1.54. The van der Waals surface area contributed by atoms with E-state index in [1.54, 1.807) is 0 Å². The molecule has 0 aromatic carbocycles. The van der Waals surface area contributed by atoms with Crippen molar-refractivity contribution in [3.05, 3.63) is 36.8 Å². The Balaban J connectivity index is 1.05. The zero-order valence-electron chi connectivity index (χ0n) is 23.4. The molecule has 2 saturated carbocycles. The van der Waals surface area contributed by atoms with Crippen molar-refractivity contribution in [1.29, 1.82) is 0 Å². The fourth-order valence-corrected chi connectivity index (χ4v) is 6.71. The first kappa shape index (κ1) is 25.0. The van der Waals surface area contributed by atoms with Gasteiger partial charge in [-0.15, -0.1) is 10.2 Å². The highest BCUT2D eigenvalue weighted by molar-refractivity contribution is 6.06. The van der Waals surface area contributed by atoms with Crippen molar-refractivity contribution in [3.8, 4) is 0 Å². The number of ether oxygens (including phenoxy) is 1. The van der Waals surface area contributed by atoms with Gasteiger partial charge in [-0.25, -0.2) is 9.78 Å².